The molecule has 0 aliphatic heterocycles. The van der Waals surface area contributed by atoms with Gasteiger partial charge in [0.1, 0.15) is 18.9 Å². The van der Waals surface area contributed by atoms with Gasteiger partial charge in [-0.1, -0.05) is 86.0 Å². The Labute approximate surface area is 356 Å². The Balaban J connectivity index is 1.24. The van der Waals surface area contributed by atoms with E-state index >= 15 is 0 Å². The zero-order valence-electron chi connectivity index (χ0n) is 34.3. The van der Waals surface area contributed by atoms with E-state index in [1.54, 1.807) is 0 Å². The second kappa shape index (κ2) is 17.0. The van der Waals surface area contributed by atoms with Crippen molar-refractivity contribution in [2.75, 3.05) is 9.80 Å². The van der Waals surface area contributed by atoms with E-state index in [1.807, 2.05) is 36.4 Å². The summed E-state index contributed by atoms with van der Waals surface area (Å²) < 4.78 is 6.75. The Kier molecular flexibility index (Phi) is 10.9. The van der Waals surface area contributed by atoms with Crippen molar-refractivity contribution in [1.29, 1.82) is 0 Å². The van der Waals surface area contributed by atoms with E-state index in [9.17, 15) is 10.2 Å². The number of hydrogen-bond acceptors (Lipinski definition) is 4. The molecule has 0 spiro atoms. The highest BCUT2D eigenvalue weighted by Crippen LogP contribution is 2.43. The predicted molar refractivity (Wildman–Crippen MR) is 252 cm³/mol. The molecule has 2 N–H and O–H groups in total. The minimum Gasteiger partial charge on any atom is -0.392 e. The van der Waals surface area contributed by atoms with Crippen molar-refractivity contribution >= 4 is 68.1 Å². The van der Waals surface area contributed by atoms with Gasteiger partial charge in [0.15, 0.2) is 0 Å². The molecule has 7 nitrogen and oxygen atoms in total. The first kappa shape index (κ1) is 39.0. The number of aliphatic hydroxyl groups excluding tert-OH is 2. The van der Waals surface area contributed by atoms with Crippen molar-refractivity contribution < 1.29 is 14.8 Å². The van der Waals surface area contributed by atoms with E-state index in [1.165, 1.54) is 5.56 Å². The number of aryl methyl sites for hydroxylation is 1. The van der Waals surface area contributed by atoms with Crippen molar-refractivity contribution in [3.63, 3.8) is 0 Å². The van der Waals surface area contributed by atoms with Crippen LogP contribution in [0.2, 0.25) is 0 Å². The second-order valence-corrected chi connectivity index (χ2v) is 15.2. The summed E-state index contributed by atoms with van der Waals surface area (Å²) in [5, 5.41) is 22.0. The second-order valence-electron chi connectivity index (χ2n) is 15.2. The van der Waals surface area contributed by atoms with Gasteiger partial charge in [0.05, 0.1) is 30.8 Å². The van der Waals surface area contributed by atoms with Gasteiger partial charge in [0.2, 0.25) is 6.33 Å². The lowest BCUT2D eigenvalue weighted by molar-refractivity contribution is -0.693. The maximum Gasteiger partial charge on any atom is 0.244 e. The van der Waals surface area contributed by atoms with Crippen molar-refractivity contribution in [1.82, 2.24) is 9.13 Å². The number of imidazole rings is 1. The molecule has 0 aliphatic carbocycles. The molecule has 0 atom stereocenters. The summed E-state index contributed by atoms with van der Waals surface area (Å²) in [5.41, 5.74) is 14.3. The van der Waals surface area contributed by atoms with Crippen molar-refractivity contribution in [2.45, 2.75) is 33.2 Å². The van der Waals surface area contributed by atoms with Crippen LogP contribution in [0.1, 0.15) is 34.7 Å². The van der Waals surface area contributed by atoms with Gasteiger partial charge in [-0.2, -0.15) is 0 Å². The third-order valence-electron chi connectivity index (χ3n) is 11.4. The molecule has 7 aromatic carbocycles. The lowest BCUT2D eigenvalue weighted by Gasteiger charge is -2.26. The fraction of sp³-hybridized carbons (Fsp3) is 0.0926. The number of fused-ring (bicyclic) bond motifs is 3. The predicted octanol–water partition coefficient (Wildman–Crippen LogP) is 12.2. The number of aromatic nitrogens is 3. The molecule has 0 fully saturated rings. The molecular formula is C54H48N5O2+. The Bertz CT molecular complexity index is 2800. The first-order chi connectivity index (χ1) is 30.0. The zero-order chi connectivity index (χ0) is 41.9. The normalized spacial score (nSPS) is 11.3. The molecule has 2 aromatic heterocycles. The summed E-state index contributed by atoms with van der Waals surface area (Å²) in [7, 11) is 0. The number of nitrogens with zero attached hydrogens (tertiary/aromatic N) is 5. The maximum atomic E-state index is 9.88. The summed E-state index contributed by atoms with van der Waals surface area (Å²) in [4.78, 5) is 4.52. The summed E-state index contributed by atoms with van der Waals surface area (Å²) in [6, 6.07) is 55.3. The van der Waals surface area contributed by atoms with Crippen LogP contribution in [0.15, 0.2) is 190 Å². The highest BCUT2D eigenvalue weighted by Gasteiger charge is 2.20. The van der Waals surface area contributed by atoms with E-state index in [2.05, 4.69) is 196 Å². The van der Waals surface area contributed by atoms with Crippen LogP contribution in [-0.4, -0.2) is 19.3 Å². The quantitative estimate of drug-likeness (QED) is 0.108. The van der Waals surface area contributed by atoms with Gasteiger partial charge in [0, 0.05) is 50.6 Å². The maximum absolute atomic E-state index is 9.88. The summed E-state index contributed by atoms with van der Waals surface area (Å²) >= 11 is 0. The van der Waals surface area contributed by atoms with Crippen molar-refractivity contribution in [3.8, 4) is 5.69 Å². The van der Waals surface area contributed by atoms with E-state index in [4.69, 9.17) is 0 Å². The SMILES string of the molecule is C=Cc1ccc(N(c2ccc(CO)cc2)c2ccc3c(c2)c2cc(N(c4ccc(C=C)cc4)c4ccc(CO)cc4)ccc2n3-c2ccc(Cn3cc[n+](CC)c3)cc2)cc1. The Morgan fingerprint density at radius 2 is 0.934 bits per heavy atom. The molecule has 9 aromatic rings. The van der Waals surface area contributed by atoms with E-state index in [-0.39, 0.29) is 13.2 Å². The molecule has 0 bridgehead atoms. The van der Waals surface area contributed by atoms with Gasteiger partial charge in [-0.25, -0.2) is 9.13 Å². The molecule has 0 radical (unpaired) electrons. The van der Waals surface area contributed by atoms with Crippen LogP contribution in [0, 0.1) is 0 Å². The number of anilines is 6. The van der Waals surface area contributed by atoms with Crippen LogP contribution in [0.4, 0.5) is 34.1 Å². The number of aliphatic hydroxyl groups is 2. The van der Waals surface area contributed by atoms with E-state index in [0.717, 1.165) is 97.0 Å². The Morgan fingerprint density at radius 1 is 0.525 bits per heavy atom. The third-order valence-corrected chi connectivity index (χ3v) is 11.4. The monoisotopic (exact) mass is 798 g/mol. The van der Waals surface area contributed by atoms with Crippen molar-refractivity contribution in [2.24, 2.45) is 0 Å². The fourth-order valence-corrected chi connectivity index (χ4v) is 8.15. The van der Waals surface area contributed by atoms with Gasteiger partial charge >= 0.3 is 0 Å². The summed E-state index contributed by atoms with van der Waals surface area (Å²) in [5.74, 6) is 0. The lowest BCUT2D eigenvalue weighted by atomic mass is 10.1. The number of hydrogen-bond donors (Lipinski definition) is 2. The Hall–Kier alpha value is -7.45. The van der Waals surface area contributed by atoms with Crippen LogP contribution in [-0.2, 0) is 26.3 Å². The zero-order valence-corrected chi connectivity index (χ0v) is 34.3. The molecular weight excluding hydrogens is 751 g/mol. The molecule has 0 unspecified atom stereocenters. The number of rotatable bonds is 14. The van der Waals surface area contributed by atoms with Crippen LogP contribution in [0.5, 0.6) is 0 Å². The fourth-order valence-electron chi connectivity index (χ4n) is 8.15. The van der Waals surface area contributed by atoms with Crippen LogP contribution < -0.4 is 14.4 Å². The average Bonchev–Trinajstić information content (AvgIpc) is 3.92. The van der Waals surface area contributed by atoms with Gasteiger partial charge in [-0.3, -0.25) is 0 Å². The first-order valence-electron chi connectivity index (χ1n) is 20.6. The molecule has 0 amide bonds. The molecule has 61 heavy (non-hydrogen) atoms. The summed E-state index contributed by atoms with van der Waals surface area (Å²) in [6.07, 6.45) is 10.1. The third kappa shape index (κ3) is 7.76. The number of benzene rings is 7. The lowest BCUT2D eigenvalue weighted by Crippen LogP contribution is -2.28. The van der Waals surface area contributed by atoms with E-state index < -0.39 is 0 Å². The molecule has 300 valence electrons. The van der Waals surface area contributed by atoms with Gasteiger partial charge in [-0.15, -0.1) is 0 Å². The summed E-state index contributed by atoms with van der Waals surface area (Å²) in [6.45, 7) is 11.8. The minimum atomic E-state index is -0.0186. The average molecular weight is 799 g/mol. The van der Waals surface area contributed by atoms with Crippen LogP contribution >= 0.6 is 0 Å². The highest BCUT2D eigenvalue weighted by molar-refractivity contribution is 6.12. The smallest absolute Gasteiger partial charge is 0.244 e. The first-order valence-corrected chi connectivity index (χ1v) is 20.6. The molecule has 9 rings (SSSR count). The van der Waals surface area contributed by atoms with E-state index in [0.29, 0.717) is 0 Å². The topological polar surface area (TPSA) is 60.7 Å². The molecule has 0 saturated carbocycles. The largest absolute Gasteiger partial charge is 0.392 e. The standard InChI is InChI=1S/C54H48N5O2/c1-4-39-7-17-44(18-8-39)57(46-23-13-42(36-60)14-24-46)49-27-29-53-51(33-49)52-34-50(58(45-19-9-40(5-2)10-20-45)47-25-15-43(37-61)16-26-47)28-30-54(52)59(53)48-21-11-41(12-22-48)35-56-32-31-55(6-3)38-56/h4-5,7-34,38,60-61H,1-2,6,35-37H2,3H3/q+1. The molecule has 7 heteroatoms. The molecule has 2 heterocycles. The Morgan fingerprint density at radius 3 is 1.33 bits per heavy atom. The molecule has 0 aliphatic rings. The van der Waals surface area contributed by atoms with Gasteiger partial charge < -0.3 is 24.6 Å². The van der Waals surface area contributed by atoms with Gasteiger partial charge in [-0.05, 0) is 132 Å². The highest BCUT2D eigenvalue weighted by atomic mass is 16.3. The van der Waals surface area contributed by atoms with Gasteiger partial charge in [0.25, 0.3) is 0 Å². The minimum absolute atomic E-state index is 0.0186. The van der Waals surface area contributed by atoms with Crippen LogP contribution in [0.25, 0.3) is 39.6 Å². The van der Waals surface area contributed by atoms with Crippen molar-refractivity contribution in [3.05, 3.63) is 217 Å². The van der Waals surface area contributed by atoms with Crippen LogP contribution in [0.3, 0.4) is 0 Å². The molecule has 0 saturated heterocycles.